The molecule has 4 rings (SSSR count). The van der Waals surface area contributed by atoms with Crippen LogP contribution in [-0.2, 0) is 4.79 Å². The first-order valence-corrected chi connectivity index (χ1v) is 12.0. The number of aromatic nitrogens is 2. The van der Waals surface area contributed by atoms with Gasteiger partial charge in [-0.25, -0.2) is 9.37 Å². The van der Waals surface area contributed by atoms with E-state index in [-0.39, 0.29) is 35.2 Å². The van der Waals surface area contributed by atoms with Crippen molar-refractivity contribution in [1.82, 2.24) is 14.5 Å². The van der Waals surface area contributed by atoms with E-state index in [2.05, 4.69) is 13.8 Å². The van der Waals surface area contributed by atoms with Gasteiger partial charge in [0.05, 0.1) is 22.6 Å². The van der Waals surface area contributed by atoms with Gasteiger partial charge in [-0.3, -0.25) is 14.2 Å². The van der Waals surface area contributed by atoms with Crippen molar-refractivity contribution >= 4 is 16.8 Å². The average molecular weight is 450 g/mol. The van der Waals surface area contributed by atoms with E-state index in [1.165, 1.54) is 12.1 Å². The smallest absolute Gasteiger partial charge is 0.266 e. The minimum absolute atomic E-state index is 0.0317. The first-order chi connectivity index (χ1) is 15.9. The molecule has 1 aliphatic rings. The number of amides is 1. The van der Waals surface area contributed by atoms with E-state index in [9.17, 15) is 14.0 Å². The molecule has 0 saturated heterocycles. The number of nitrogens with zero attached hydrogens (tertiary/aromatic N) is 3. The third-order valence-electron chi connectivity index (χ3n) is 6.50. The second-order valence-electron chi connectivity index (χ2n) is 9.39. The summed E-state index contributed by atoms with van der Waals surface area (Å²) in [4.78, 5) is 34.2. The Morgan fingerprint density at radius 2 is 1.79 bits per heavy atom. The maximum atomic E-state index is 13.7. The van der Waals surface area contributed by atoms with Crippen molar-refractivity contribution in [3.8, 4) is 5.69 Å². The molecule has 1 fully saturated rings. The lowest BCUT2D eigenvalue weighted by Crippen LogP contribution is -2.42. The van der Waals surface area contributed by atoms with Crippen LogP contribution in [0.4, 0.5) is 4.39 Å². The van der Waals surface area contributed by atoms with Gasteiger partial charge in [-0.1, -0.05) is 45.7 Å². The van der Waals surface area contributed by atoms with Gasteiger partial charge in [0.25, 0.3) is 5.56 Å². The van der Waals surface area contributed by atoms with E-state index in [1.54, 1.807) is 22.8 Å². The number of hydrogen-bond acceptors (Lipinski definition) is 3. The third kappa shape index (κ3) is 4.70. The Morgan fingerprint density at radius 1 is 1.12 bits per heavy atom. The summed E-state index contributed by atoms with van der Waals surface area (Å²) >= 11 is 0. The first-order valence-electron chi connectivity index (χ1n) is 12.0. The van der Waals surface area contributed by atoms with Gasteiger partial charge in [0.15, 0.2) is 0 Å². The zero-order valence-corrected chi connectivity index (χ0v) is 19.6. The Bertz CT molecular complexity index is 1180. The van der Waals surface area contributed by atoms with Gasteiger partial charge < -0.3 is 4.90 Å². The molecular formula is C27H32FN3O2. The highest BCUT2D eigenvalue weighted by atomic mass is 19.1. The summed E-state index contributed by atoms with van der Waals surface area (Å²) in [6.07, 6.45) is 4.62. The summed E-state index contributed by atoms with van der Waals surface area (Å²) in [5.74, 6) is 0.619. The van der Waals surface area contributed by atoms with Crippen molar-refractivity contribution in [2.45, 2.75) is 58.9 Å². The highest BCUT2D eigenvalue weighted by Gasteiger charge is 2.34. The van der Waals surface area contributed by atoms with E-state index in [4.69, 9.17) is 4.98 Å². The number of rotatable bonds is 7. The average Bonchev–Trinajstić information content (AvgIpc) is 3.34. The fourth-order valence-electron chi connectivity index (χ4n) is 4.93. The van der Waals surface area contributed by atoms with E-state index < -0.39 is 0 Å². The molecule has 1 aliphatic carbocycles. The van der Waals surface area contributed by atoms with Gasteiger partial charge >= 0.3 is 0 Å². The molecule has 33 heavy (non-hydrogen) atoms. The van der Waals surface area contributed by atoms with E-state index >= 15 is 0 Å². The number of carbonyl (C=O) groups excluding carboxylic acids is 1. The van der Waals surface area contributed by atoms with Crippen molar-refractivity contribution in [3.05, 3.63) is 70.5 Å². The van der Waals surface area contributed by atoms with Gasteiger partial charge in [-0.15, -0.1) is 0 Å². The molecule has 0 aliphatic heterocycles. The zero-order chi connectivity index (χ0) is 23.5. The third-order valence-corrected chi connectivity index (χ3v) is 6.50. The van der Waals surface area contributed by atoms with Crippen molar-refractivity contribution in [3.63, 3.8) is 0 Å². The van der Waals surface area contributed by atoms with Crippen molar-refractivity contribution < 1.29 is 9.18 Å². The molecule has 1 atom stereocenters. The molecule has 1 aromatic heterocycles. The number of hydrogen-bond donors (Lipinski definition) is 0. The Morgan fingerprint density at radius 3 is 2.42 bits per heavy atom. The van der Waals surface area contributed by atoms with Crippen LogP contribution < -0.4 is 5.56 Å². The molecule has 0 N–H and O–H groups in total. The van der Waals surface area contributed by atoms with Gasteiger partial charge in [-0.05, 0) is 61.6 Å². The van der Waals surface area contributed by atoms with Crippen LogP contribution in [0.25, 0.3) is 16.6 Å². The summed E-state index contributed by atoms with van der Waals surface area (Å²) in [6, 6.07) is 12.8. The molecule has 174 valence electrons. The lowest BCUT2D eigenvalue weighted by molar-refractivity contribution is -0.139. The maximum Gasteiger partial charge on any atom is 0.266 e. The van der Waals surface area contributed by atoms with Crippen molar-refractivity contribution in [2.75, 3.05) is 6.54 Å². The van der Waals surface area contributed by atoms with Gasteiger partial charge in [0.2, 0.25) is 5.91 Å². The molecule has 0 radical (unpaired) electrons. The van der Waals surface area contributed by atoms with Crippen LogP contribution in [-0.4, -0.2) is 26.9 Å². The topological polar surface area (TPSA) is 55.2 Å². The fraction of sp³-hybridized carbons (Fsp3) is 0.444. The number of benzene rings is 2. The minimum atomic E-state index is -0.369. The summed E-state index contributed by atoms with van der Waals surface area (Å²) in [5.41, 5.74) is 0.941. The quantitative estimate of drug-likeness (QED) is 0.468. The monoisotopic (exact) mass is 449 g/mol. The van der Waals surface area contributed by atoms with Crippen LogP contribution in [0.15, 0.2) is 53.3 Å². The molecule has 0 spiro atoms. The second kappa shape index (κ2) is 9.86. The maximum absolute atomic E-state index is 13.7. The lowest BCUT2D eigenvalue weighted by Gasteiger charge is -2.35. The normalized spacial score (nSPS) is 15.3. The molecule has 1 amide bonds. The Labute approximate surface area is 194 Å². The molecule has 1 heterocycles. The molecule has 3 aromatic rings. The predicted octanol–water partition coefficient (Wildman–Crippen LogP) is 5.65. The Hall–Kier alpha value is -3.02. The molecule has 0 bridgehead atoms. The first kappa shape index (κ1) is 23.1. The van der Waals surface area contributed by atoms with Crippen LogP contribution in [0, 0.1) is 17.7 Å². The van der Waals surface area contributed by atoms with Crippen LogP contribution in [0.2, 0.25) is 0 Å². The molecule has 2 aromatic carbocycles. The second-order valence-corrected chi connectivity index (χ2v) is 9.39. The van der Waals surface area contributed by atoms with E-state index in [0.717, 1.165) is 25.7 Å². The molecule has 1 saturated carbocycles. The highest BCUT2D eigenvalue weighted by molar-refractivity contribution is 5.80. The lowest BCUT2D eigenvalue weighted by atomic mass is 10.0. The molecule has 6 heteroatoms. The van der Waals surface area contributed by atoms with Crippen LogP contribution in [0.5, 0.6) is 0 Å². The fourth-order valence-corrected chi connectivity index (χ4v) is 4.93. The number of para-hydroxylation sites is 1. The van der Waals surface area contributed by atoms with Crippen LogP contribution >= 0.6 is 0 Å². The van der Waals surface area contributed by atoms with Gasteiger partial charge in [0.1, 0.15) is 11.6 Å². The van der Waals surface area contributed by atoms with Crippen molar-refractivity contribution in [2.24, 2.45) is 11.8 Å². The summed E-state index contributed by atoms with van der Waals surface area (Å²) < 4.78 is 15.2. The molecular weight excluding hydrogens is 417 g/mol. The number of fused-ring (bicyclic) bond motifs is 1. The molecule has 5 nitrogen and oxygen atoms in total. The van der Waals surface area contributed by atoms with Crippen molar-refractivity contribution in [1.29, 1.82) is 0 Å². The molecule has 1 unspecified atom stereocenters. The van der Waals surface area contributed by atoms with Gasteiger partial charge in [-0.2, -0.15) is 0 Å². The summed E-state index contributed by atoms with van der Waals surface area (Å²) in [6.45, 7) is 6.82. The number of carbonyl (C=O) groups is 1. The largest absolute Gasteiger partial charge is 0.332 e. The highest BCUT2D eigenvalue weighted by Crippen LogP contribution is 2.33. The van der Waals surface area contributed by atoms with Gasteiger partial charge in [0, 0.05) is 12.5 Å². The standard InChI is InChI=1S/C27H32FN3O2/c1-4-24(30(17-18(2)3)26(32)19-9-5-6-10-19)25-29-23-12-8-7-11-22(23)27(33)31(25)21-15-13-20(28)14-16-21/h7-8,11-16,18-19,24H,4-6,9-10,17H2,1-3H3. The minimum Gasteiger partial charge on any atom is -0.332 e. The Balaban J connectivity index is 1.92. The predicted molar refractivity (Wildman–Crippen MR) is 129 cm³/mol. The SMILES string of the molecule is CCC(c1nc2ccccc2c(=O)n1-c1ccc(F)cc1)N(CC(C)C)C(=O)C1CCCC1. The van der Waals surface area contributed by atoms with E-state index in [1.807, 2.05) is 30.0 Å². The van der Waals surface area contributed by atoms with E-state index in [0.29, 0.717) is 35.4 Å². The number of halogens is 1. The summed E-state index contributed by atoms with van der Waals surface area (Å²) in [5, 5.41) is 0.498. The summed E-state index contributed by atoms with van der Waals surface area (Å²) in [7, 11) is 0. The van der Waals surface area contributed by atoms with Crippen LogP contribution in [0.3, 0.4) is 0 Å². The Kier molecular flexibility index (Phi) is 6.91. The zero-order valence-electron chi connectivity index (χ0n) is 19.6. The van der Waals surface area contributed by atoms with Crippen LogP contribution in [0.1, 0.15) is 64.7 Å².